The van der Waals surface area contributed by atoms with Crippen molar-refractivity contribution in [3.05, 3.63) is 28.2 Å². The van der Waals surface area contributed by atoms with Gasteiger partial charge in [-0.3, -0.25) is 9.69 Å². The Hall–Kier alpha value is -1.36. The SMILES string of the molecule is Cc1ccc(N2C(=O)CCC2C(=O)O)cc1Br. The summed E-state index contributed by atoms with van der Waals surface area (Å²) in [5.41, 5.74) is 1.68. The molecule has 1 aliphatic heterocycles. The average molecular weight is 298 g/mol. The van der Waals surface area contributed by atoms with Crippen molar-refractivity contribution in [1.82, 2.24) is 0 Å². The largest absolute Gasteiger partial charge is 0.480 e. The molecule has 0 spiro atoms. The molecule has 0 radical (unpaired) electrons. The molecular weight excluding hydrogens is 286 g/mol. The number of rotatable bonds is 2. The van der Waals surface area contributed by atoms with Gasteiger partial charge in [-0.1, -0.05) is 22.0 Å². The Morgan fingerprint density at radius 2 is 2.24 bits per heavy atom. The third-order valence-electron chi connectivity index (χ3n) is 2.93. The van der Waals surface area contributed by atoms with Crippen LogP contribution in [0.15, 0.2) is 22.7 Å². The second kappa shape index (κ2) is 4.49. The normalized spacial score (nSPS) is 19.8. The van der Waals surface area contributed by atoms with Gasteiger partial charge in [0, 0.05) is 16.6 Å². The minimum Gasteiger partial charge on any atom is -0.480 e. The van der Waals surface area contributed by atoms with Gasteiger partial charge < -0.3 is 5.11 Å². The van der Waals surface area contributed by atoms with Gasteiger partial charge in [-0.15, -0.1) is 0 Å². The summed E-state index contributed by atoms with van der Waals surface area (Å²) in [5, 5.41) is 9.08. The molecule has 1 atom stereocenters. The number of hydrogen-bond donors (Lipinski definition) is 1. The predicted octanol–water partition coefficient (Wildman–Crippen LogP) is 2.34. The van der Waals surface area contributed by atoms with Crippen LogP contribution in [0.5, 0.6) is 0 Å². The number of carboxylic acid groups (broad SMARTS) is 1. The second-order valence-electron chi connectivity index (χ2n) is 4.09. The zero-order chi connectivity index (χ0) is 12.6. The highest BCUT2D eigenvalue weighted by Gasteiger charge is 2.37. The van der Waals surface area contributed by atoms with Crippen LogP contribution >= 0.6 is 15.9 Å². The van der Waals surface area contributed by atoms with Crippen molar-refractivity contribution in [3.8, 4) is 0 Å². The number of aryl methyl sites for hydroxylation is 1. The lowest BCUT2D eigenvalue weighted by molar-refractivity contribution is -0.138. The first kappa shape index (κ1) is 12.1. The van der Waals surface area contributed by atoms with Gasteiger partial charge in [0.2, 0.25) is 5.91 Å². The number of hydrogen-bond acceptors (Lipinski definition) is 2. The quantitative estimate of drug-likeness (QED) is 0.911. The van der Waals surface area contributed by atoms with E-state index in [0.29, 0.717) is 18.5 Å². The maximum absolute atomic E-state index is 11.7. The lowest BCUT2D eigenvalue weighted by atomic mass is 10.2. The Morgan fingerprint density at radius 1 is 1.53 bits per heavy atom. The summed E-state index contributed by atoms with van der Waals surface area (Å²) in [6.45, 7) is 1.94. The number of amides is 1. The standard InChI is InChI=1S/C12H12BrNO3/c1-7-2-3-8(6-9(7)13)14-10(12(16)17)4-5-11(14)15/h2-3,6,10H,4-5H2,1H3,(H,16,17). The molecule has 1 aromatic rings. The number of carbonyl (C=O) groups is 2. The third kappa shape index (κ3) is 2.20. The fraction of sp³-hybridized carbons (Fsp3) is 0.333. The molecule has 1 N–H and O–H groups in total. The van der Waals surface area contributed by atoms with Gasteiger partial charge in [-0.25, -0.2) is 4.79 Å². The molecule has 2 rings (SSSR count). The number of halogens is 1. The van der Waals surface area contributed by atoms with Crippen LogP contribution in [0.25, 0.3) is 0 Å². The lowest BCUT2D eigenvalue weighted by Crippen LogP contribution is -2.38. The molecule has 90 valence electrons. The smallest absolute Gasteiger partial charge is 0.326 e. The van der Waals surface area contributed by atoms with Gasteiger partial charge in [0.15, 0.2) is 0 Å². The zero-order valence-electron chi connectivity index (χ0n) is 9.31. The summed E-state index contributed by atoms with van der Waals surface area (Å²) in [5.74, 6) is -1.08. The van der Waals surface area contributed by atoms with Crippen LogP contribution in [0.4, 0.5) is 5.69 Å². The van der Waals surface area contributed by atoms with Crippen molar-refractivity contribution >= 4 is 33.5 Å². The molecule has 5 heteroatoms. The number of nitrogens with zero attached hydrogens (tertiary/aromatic N) is 1. The van der Waals surface area contributed by atoms with Gasteiger partial charge in [-0.2, -0.15) is 0 Å². The number of carboxylic acids is 1. The van der Waals surface area contributed by atoms with Crippen LogP contribution in [-0.4, -0.2) is 23.0 Å². The molecule has 1 amide bonds. The fourth-order valence-electron chi connectivity index (χ4n) is 1.97. The molecule has 0 saturated carbocycles. The molecule has 1 heterocycles. The number of aliphatic carboxylic acids is 1. The molecule has 4 nitrogen and oxygen atoms in total. The van der Waals surface area contributed by atoms with Gasteiger partial charge >= 0.3 is 5.97 Å². The Bertz CT molecular complexity index is 487. The first-order valence-corrected chi connectivity index (χ1v) is 6.11. The van der Waals surface area contributed by atoms with Crippen molar-refractivity contribution < 1.29 is 14.7 Å². The fourth-order valence-corrected chi connectivity index (χ4v) is 2.34. The Balaban J connectivity index is 2.39. The highest BCUT2D eigenvalue weighted by molar-refractivity contribution is 9.10. The first-order valence-electron chi connectivity index (χ1n) is 5.31. The monoisotopic (exact) mass is 297 g/mol. The van der Waals surface area contributed by atoms with Crippen LogP contribution < -0.4 is 4.90 Å². The van der Waals surface area contributed by atoms with Crippen molar-refractivity contribution in [2.24, 2.45) is 0 Å². The van der Waals surface area contributed by atoms with Crippen molar-refractivity contribution in [3.63, 3.8) is 0 Å². The van der Waals surface area contributed by atoms with E-state index in [1.807, 2.05) is 13.0 Å². The van der Waals surface area contributed by atoms with Crippen LogP contribution in [0.1, 0.15) is 18.4 Å². The van der Waals surface area contributed by atoms with E-state index in [1.165, 1.54) is 4.90 Å². The van der Waals surface area contributed by atoms with E-state index in [1.54, 1.807) is 12.1 Å². The number of benzene rings is 1. The Kier molecular flexibility index (Phi) is 3.19. The van der Waals surface area contributed by atoms with E-state index in [0.717, 1.165) is 10.0 Å². The molecule has 0 aliphatic carbocycles. The first-order chi connectivity index (χ1) is 8.00. The van der Waals surface area contributed by atoms with Crippen molar-refractivity contribution in [1.29, 1.82) is 0 Å². The van der Waals surface area contributed by atoms with E-state index in [9.17, 15) is 9.59 Å². The maximum atomic E-state index is 11.7. The molecule has 1 fully saturated rings. The summed E-state index contributed by atoms with van der Waals surface area (Å²) in [7, 11) is 0. The van der Waals surface area contributed by atoms with Gasteiger partial charge in [0.05, 0.1) is 0 Å². The molecule has 1 aromatic carbocycles. The number of anilines is 1. The maximum Gasteiger partial charge on any atom is 0.326 e. The van der Waals surface area contributed by atoms with Crippen LogP contribution in [0, 0.1) is 6.92 Å². The van der Waals surface area contributed by atoms with Gasteiger partial charge in [0.25, 0.3) is 0 Å². The topological polar surface area (TPSA) is 57.6 Å². The molecule has 1 aliphatic rings. The summed E-state index contributed by atoms with van der Waals surface area (Å²) in [4.78, 5) is 24.2. The molecule has 1 unspecified atom stereocenters. The third-order valence-corrected chi connectivity index (χ3v) is 3.78. The van der Waals surface area contributed by atoms with Gasteiger partial charge in [0.1, 0.15) is 6.04 Å². The molecule has 0 bridgehead atoms. The number of carbonyl (C=O) groups excluding carboxylic acids is 1. The van der Waals surface area contributed by atoms with E-state index in [-0.39, 0.29) is 5.91 Å². The molecule has 17 heavy (non-hydrogen) atoms. The summed E-state index contributed by atoms with van der Waals surface area (Å²) in [6.07, 6.45) is 0.669. The molecular formula is C12H12BrNO3. The zero-order valence-corrected chi connectivity index (χ0v) is 10.9. The molecule has 1 saturated heterocycles. The average Bonchev–Trinajstić information content (AvgIpc) is 2.64. The summed E-state index contributed by atoms with van der Waals surface area (Å²) >= 11 is 3.38. The highest BCUT2D eigenvalue weighted by Crippen LogP contribution is 2.30. The van der Waals surface area contributed by atoms with Gasteiger partial charge in [-0.05, 0) is 31.0 Å². The Labute approximate surface area is 107 Å². The highest BCUT2D eigenvalue weighted by atomic mass is 79.9. The second-order valence-corrected chi connectivity index (χ2v) is 4.94. The lowest BCUT2D eigenvalue weighted by Gasteiger charge is -2.22. The van der Waals surface area contributed by atoms with E-state index >= 15 is 0 Å². The van der Waals surface area contributed by atoms with E-state index in [4.69, 9.17) is 5.11 Å². The molecule has 0 aromatic heterocycles. The van der Waals surface area contributed by atoms with E-state index in [2.05, 4.69) is 15.9 Å². The van der Waals surface area contributed by atoms with E-state index < -0.39 is 12.0 Å². The van der Waals surface area contributed by atoms with Crippen LogP contribution in [-0.2, 0) is 9.59 Å². The summed E-state index contributed by atoms with van der Waals surface area (Å²) in [6, 6.07) is 4.69. The minimum absolute atomic E-state index is 0.131. The van der Waals surface area contributed by atoms with Crippen LogP contribution in [0.3, 0.4) is 0 Å². The minimum atomic E-state index is -0.951. The predicted molar refractivity (Wildman–Crippen MR) is 67.0 cm³/mol. The van der Waals surface area contributed by atoms with Crippen LogP contribution in [0.2, 0.25) is 0 Å². The van der Waals surface area contributed by atoms with Crippen molar-refractivity contribution in [2.45, 2.75) is 25.8 Å². The van der Waals surface area contributed by atoms with Crippen molar-refractivity contribution in [2.75, 3.05) is 4.90 Å². The Morgan fingerprint density at radius 3 is 2.82 bits per heavy atom. The summed E-state index contributed by atoms with van der Waals surface area (Å²) < 4.78 is 0.874.